The summed E-state index contributed by atoms with van der Waals surface area (Å²) in [5, 5.41) is 2.87. The van der Waals surface area contributed by atoms with E-state index in [2.05, 4.69) is 19.2 Å². The van der Waals surface area contributed by atoms with Gasteiger partial charge >= 0.3 is 0 Å². The van der Waals surface area contributed by atoms with Crippen LogP contribution in [-0.4, -0.2) is 36.3 Å². The molecule has 0 aromatic rings. The minimum absolute atomic E-state index is 0.0407. The van der Waals surface area contributed by atoms with E-state index in [1.54, 1.807) is 0 Å². The topological polar surface area (TPSA) is 49.4 Å². The summed E-state index contributed by atoms with van der Waals surface area (Å²) in [4.78, 5) is 25.5. The summed E-state index contributed by atoms with van der Waals surface area (Å²) in [6.45, 7) is 12.1. The fourth-order valence-electron chi connectivity index (χ4n) is 1.77. The molecule has 0 atom stereocenters. The fraction of sp³-hybridized carbons (Fsp3) is 0.867. The van der Waals surface area contributed by atoms with Crippen molar-refractivity contribution in [1.82, 2.24) is 10.2 Å². The zero-order chi connectivity index (χ0) is 14.9. The van der Waals surface area contributed by atoms with Gasteiger partial charge in [-0.05, 0) is 19.3 Å². The number of hydrogen-bond donors (Lipinski definition) is 1. The molecular formula is C15H30N2O2. The maximum Gasteiger partial charge on any atom is 0.225 e. The lowest BCUT2D eigenvalue weighted by atomic mass is 9.96. The van der Waals surface area contributed by atoms with Crippen LogP contribution in [0.1, 0.15) is 60.3 Å². The Balaban J connectivity index is 3.93. The van der Waals surface area contributed by atoms with E-state index < -0.39 is 0 Å². The maximum atomic E-state index is 12.0. The Labute approximate surface area is 117 Å². The molecular weight excluding hydrogens is 240 g/mol. The van der Waals surface area contributed by atoms with Gasteiger partial charge in [0.25, 0.3) is 0 Å². The van der Waals surface area contributed by atoms with Crippen LogP contribution in [0.15, 0.2) is 0 Å². The fourth-order valence-corrected chi connectivity index (χ4v) is 1.77. The van der Waals surface area contributed by atoms with Gasteiger partial charge in [0, 0.05) is 31.5 Å². The van der Waals surface area contributed by atoms with Gasteiger partial charge in [-0.3, -0.25) is 9.59 Å². The Bertz CT molecular complexity index is 276. The van der Waals surface area contributed by atoms with Crippen LogP contribution in [0.2, 0.25) is 0 Å². The van der Waals surface area contributed by atoms with Crippen LogP contribution in [0.3, 0.4) is 0 Å². The highest BCUT2D eigenvalue weighted by atomic mass is 16.2. The molecule has 0 spiro atoms. The van der Waals surface area contributed by atoms with E-state index in [0.29, 0.717) is 19.4 Å². The van der Waals surface area contributed by atoms with Crippen molar-refractivity contribution in [1.29, 1.82) is 0 Å². The van der Waals surface area contributed by atoms with Crippen molar-refractivity contribution in [2.45, 2.75) is 60.3 Å². The average molecular weight is 270 g/mol. The van der Waals surface area contributed by atoms with E-state index in [1.807, 2.05) is 25.7 Å². The van der Waals surface area contributed by atoms with E-state index in [0.717, 1.165) is 25.9 Å². The standard InChI is InChI=1S/C15H30N2O2/c1-6-11-17(12-7-2)13(18)9-8-10-16-14(19)15(3,4)5/h6-12H2,1-5H3,(H,16,19). The minimum Gasteiger partial charge on any atom is -0.356 e. The lowest BCUT2D eigenvalue weighted by Gasteiger charge is -2.22. The number of rotatable bonds is 8. The average Bonchev–Trinajstić information content (AvgIpc) is 2.32. The predicted molar refractivity (Wildman–Crippen MR) is 78.9 cm³/mol. The lowest BCUT2D eigenvalue weighted by Crippen LogP contribution is -2.36. The van der Waals surface area contributed by atoms with Crippen molar-refractivity contribution in [3.05, 3.63) is 0 Å². The molecule has 0 aliphatic rings. The number of nitrogens with zero attached hydrogens (tertiary/aromatic N) is 1. The molecule has 0 aliphatic heterocycles. The van der Waals surface area contributed by atoms with Crippen molar-refractivity contribution < 1.29 is 9.59 Å². The number of amides is 2. The van der Waals surface area contributed by atoms with Gasteiger partial charge in [-0.25, -0.2) is 0 Å². The first-order valence-electron chi connectivity index (χ1n) is 7.39. The molecule has 0 aromatic heterocycles. The van der Waals surface area contributed by atoms with Gasteiger partial charge in [-0.15, -0.1) is 0 Å². The van der Waals surface area contributed by atoms with Crippen LogP contribution >= 0.6 is 0 Å². The summed E-state index contributed by atoms with van der Waals surface area (Å²) in [5.41, 5.74) is -0.361. The Hall–Kier alpha value is -1.06. The molecule has 0 saturated carbocycles. The molecule has 2 amide bonds. The smallest absolute Gasteiger partial charge is 0.225 e. The first-order chi connectivity index (χ1) is 8.82. The third-order valence-electron chi connectivity index (χ3n) is 2.87. The second kappa shape index (κ2) is 8.94. The molecule has 4 nitrogen and oxygen atoms in total. The lowest BCUT2D eigenvalue weighted by molar-refractivity contribution is -0.132. The Morgan fingerprint density at radius 2 is 1.58 bits per heavy atom. The summed E-state index contributed by atoms with van der Waals surface area (Å²) in [7, 11) is 0. The highest BCUT2D eigenvalue weighted by Crippen LogP contribution is 2.12. The van der Waals surface area contributed by atoms with Crippen LogP contribution in [0.5, 0.6) is 0 Å². The third-order valence-corrected chi connectivity index (χ3v) is 2.87. The van der Waals surface area contributed by atoms with E-state index in [9.17, 15) is 9.59 Å². The summed E-state index contributed by atoms with van der Waals surface area (Å²) in [6.07, 6.45) is 3.22. The normalized spacial score (nSPS) is 11.2. The molecule has 19 heavy (non-hydrogen) atoms. The minimum atomic E-state index is -0.361. The van der Waals surface area contributed by atoms with E-state index in [4.69, 9.17) is 0 Å². The monoisotopic (exact) mass is 270 g/mol. The number of carbonyl (C=O) groups is 2. The number of hydrogen-bond acceptors (Lipinski definition) is 2. The van der Waals surface area contributed by atoms with Crippen molar-refractivity contribution >= 4 is 11.8 Å². The van der Waals surface area contributed by atoms with E-state index >= 15 is 0 Å². The summed E-state index contributed by atoms with van der Waals surface area (Å²) in [5.74, 6) is 0.243. The molecule has 112 valence electrons. The van der Waals surface area contributed by atoms with Gasteiger partial charge in [0.05, 0.1) is 0 Å². The number of carbonyl (C=O) groups excluding carboxylic acids is 2. The van der Waals surface area contributed by atoms with Crippen molar-refractivity contribution in [3.63, 3.8) is 0 Å². The highest BCUT2D eigenvalue weighted by molar-refractivity contribution is 5.81. The largest absolute Gasteiger partial charge is 0.356 e. The molecule has 0 aromatic carbocycles. The Morgan fingerprint density at radius 3 is 2.00 bits per heavy atom. The van der Waals surface area contributed by atoms with Gasteiger partial charge in [0.1, 0.15) is 0 Å². The van der Waals surface area contributed by atoms with Crippen LogP contribution in [0.25, 0.3) is 0 Å². The van der Waals surface area contributed by atoms with E-state index in [1.165, 1.54) is 0 Å². The van der Waals surface area contributed by atoms with Gasteiger partial charge in [-0.2, -0.15) is 0 Å². The van der Waals surface area contributed by atoms with Crippen LogP contribution in [0.4, 0.5) is 0 Å². The second-order valence-electron chi connectivity index (χ2n) is 5.99. The van der Waals surface area contributed by atoms with Gasteiger partial charge < -0.3 is 10.2 Å². The summed E-state index contributed by atoms with van der Waals surface area (Å²) in [6, 6.07) is 0. The zero-order valence-electron chi connectivity index (χ0n) is 13.2. The molecule has 0 aliphatic carbocycles. The zero-order valence-corrected chi connectivity index (χ0v) is 13.2. The SMILES string of the molecule is CCCN(CCC)C(=O)CCCNC(=O)C(C)(C)C. The van der Waals surface area contributed by atoms with Crippen molar-refractivity contribution in [2.24, 2.45) is 5.41 Å². The predicted octanol–water partition coefficient (Wildman–Crippen LogP) is 2.58. The van der Waals surface area contributed by atoms with Crippen LogP contribution < -0.4 is 5.32 Å². The van der Waals surface area contributed by atoms with Gasteiger partial charge in [-0.1, -0.05) is 34.6 Å². The molecule has 1 N–H and O–H groups in total. The molecule has 0 heterocycles. The van der Waals surface area contributed by atoms with Gasteiger partial charge in [0.2, 0.25) is 11.8 Å². The molecule has 0 unspecified atom stereocenters. The maximum absolute atomic E-state index is 12.0. The second-order valence-corrected chi connectivity index (χ2v) is 5.99. The van der Waals surface area contributed by atoms with Crippen molar-refractivity contribution in [2.75, 3.05) is 19.6 Å². The first-order valence-corrected chi connectivity index (χ1v) is 7.39. The molecule has 0 rings (SSSR count). The Kier molecular flexibility index (Phi) is 8.44. The first kappa shape index (κ1) is 17.9. The number of nitrogens with one attached hydrogen (secondary N) is 1. The van der Waals surface area contributed by atoms with E-state index in [-0.39, 0.29) is 17.2 Å². The highest BCUT2D eigenvalue weighted by Gasteiger charge is 2.20. The van der Waals surface area contributed by atoms with Crippen molar-refractivity contribution in [3.8, 4) is 0 Å². The Morgan fingerprint density at radius 1 is 1.05 bits per heavy atom. The molecule has 0 radical (unpaired) electrons. The quantitative estimate of drug-likeness (QED) is 0.689. The molecule has 0 saturated heterocycles. The van der Waals surface area contributed by atoms with Crippen LogP contribution in [0, 0.1) is 5.41 Å². The summed E-state index contributed by atoms with van der Waals surface area (Å²) >= 11 is 0. The van der Waals surface area contributed by atoms with Crippen LogP contribution in [-0.2, 0) is 9.59 Å². The molecule has 0 bridgehead atoms. The van der Waals surface area contributed by atoms with Gasteiger partial charge in [0.15, 0.2) is 0 Å². The molecule has 4 heteroatoms. The third kappa shape index (κ3) is 7.85. The summed E-state index contributed by atoms with van der Waals surface area (Å²) < 4.78 is 0. The molecule has 0 fully saturated rings.